The van der Waals surface area contributed by atoms with Gasteiger partial charge in [0, 0.05) is 29.4 Å². The number of anilines is 1. The first kappa shape index (κ1) is 20.5. The summed E-state index contributed by atoms with van der Waals surface area (Å²) in [4.78, 5) is 26.1. The molecule has 2 aromatic carbocycles. The zero-order chi connectivity index (χ0) is 19.8. The normalized spacial score (nSPS) is 10.7. The number of carbonyl (C=O) groups is 2. The zero-order valence-electron chi connectivity index (χ0n) is 15.7. The van der Waals surface area contributed by atoms with Crippen molar-refractivity contribution in [3.8, 4) is 5.75 Å². The van der Waals surface area contributed by atoms with Crippen LogP contribution in [-0.4, -0.2) is 36.9 Å². The minimum Gasteiger partial charge on any atom is -0.497 e. The molecule has 0 atom stereocenters. The molecule has 142 valence electrons. The summed E-state index contributed by atoms with van der Waals surface area (Å²) in [6, 6.07) is 12.6. The van der Waals surface area contributed by atoms with Gasteiger partial charge in [-0.3, -0.25) is 9.59 Å². The third-order valence-corrected chi connectivity index (χ3v) is 4.40. The lowest BCUT2D eigenvalue weighted by Gasteiger charge is -2.18. The number of aryl methyl sites for hydroxylation is 1. The van der Waals surface area contributed by atoms with Gasteiger partial charge in [-0.05, 0) is 49.2 Å². The minimum absolute atomic E-state index is 0.0362. The molecule has 0 radical (unpaired) electrons. The molecule has 0 spiro atoms. The monoisotopic (exact) mass is 386 g/mol. The Bertz CT molecular complexity index is 849. The van der Waals surface area contributed by atoms with Crippen LogP contribution in [0.3, 0.4) is 0 Å². The summed E-state index contributed by atoms with van der Waals surface area (Å²) in [6.07, 6.45) is 3.14. The summed E-state index contributed by atoms with van der Waals surface area (Å²) in [7, 11) is 1.56. The largest absolute Gasteiger partial charge is 0.497 e. The van der Waals surface area contributed by atoms with Crippen molar-refractivity contribution in [2.75, 3.05) is 25.5 Å². The molecule has 0 aromatic heterocycles. The maximum absolute atomic E-state index is 12.4. The lowest BCUT2D eigenvalue weighted by atomic mass is 10.1. The lowest BCUT2D eigenvalue weighted by molar-refractivity contribution is -0.130. The molecule has 1 N–H and O–H groups in total. The van der Waals surface area contributed by atoms with Crippen molar-refractivity contribution in [1.29, 1.82) is 0 Å². The van der Waals surface area contributed by atoms with Gasteiger partial charge < -0.3 is 15.0 Å². The average Bonchev–Trinajstić information content (AvgIpc) is 2.66. The maximum atomic E-state index is 12.4. The summed E-state index contributed by atoms with van der Waals surface area (Å²) in [5.41, 5.74) is 2.42. The van der Waals surface area contributed by atoms with Gasteiger partial charge in [-0.25, -0.2) is 0 Å². The molecule has 0 aliphatic heterocycles. The van der Waals surface area contributed by atoms with Gasteiger partial charge in [0.2, 0.25) is 11.8 Å². The van der Waals surface area contributed by atoms with Crippen molar-refractivity contribution in [2.45, 2.75) is 13.8 Å². The van der Waals surface area contributed by atoms with Gasteiger partial charge in [-0.2, -0.15) is 0 Å². The Kier molecular flexibility index (Phi) is 7.44. The molecule has 0 fully saturated rings. The highest BCUT2D eigenvalue weighted by Gasteiger charge is 2.13. The molecule has 5 nitrogen and oxygen atoms in total. The molecule has 0 aliphatic carbocycles. The molecule has 0 unspecified atom stereocenters. The van der Waals surface area contributed by atoms with Gasteiger partial charge in [0.25, 0.3) is 0 Å². The van der Waals surface area contributed by atoms with Gasteiger partial charge in [0.05, 0.1) is 7.11 Å². The Balaban J connectivity index is 1.98. The Hall–Kier alpha value is -2.79. The standard InChI is InChI=1S/C21H23ClN2O3/c1-4-24(14-20(25)23-17-6-5-7-18(13-17)27-3)21(26)11-10-16-9-8-15(2)19(22)12-16/h5-13H,4,14H2,1-3H3,(H,23,25)/b11-10+. The Morgan fingerprint density at radius 3 is 2.67 bits per heavy atom. The molecule has 0 saturated carbocycles. The topological polar surface area (TPSA) is 58.6 Å². The van der Waals surface area contributed by atoms with E-state index in [2.05, 4.69) is 5.32 Å². The van der Waals surface area contributed by atoms with Crippen molar-refractivity contribution in [3.63, 3.8) is 0 Å². The van der Waals surface area contributed by atoms with E-state index < -0.39 is 0 Å². The Labute approximate surface area is 164 Å². The number of halogens is 1. The molecule has 0 heterocycles. The molecule has 2 rings (SSSR count). The third-order valence-electron chi connectivity index (χ3n) is 4.00. The van der Waals surface area contributed by atoms with Crippen LogP contribution in [0.2, 0.25) is 5.02 Å². The molecule has 0 aliphatic rings. The number of amides is 2. The minimum atomic E-state index is -0.273. The number of likely N-dealkylation sites (N-methyl/N-ethyl adjacent to an activating group) is 1. The van der Waals surface area contributed by atoms with E-state index >= 15 is 0 Å². The molecular formula is C21H23ClN2O3. The number of hydrogen-bond donors (Lipinski definition) is 1. The van der Waals surface area contributed by atoms with E-state index in [0.29, 0.717) is 23.0 Å². The van der Waals surface area contributed by atoms with Crippen molar-refractivity contribution in [1.82, 2.24) is 4.90 Å². The quantitative estimate of drug-likeness (QED) is 0.727. The van der Waals surface area contributed by atoms with Crippen LogP contribution in [0.1, 0.15) is 18.1 Å². The van der Waals surface area contributed by atoms with Crippen molar-refractivity contribution >= 4 is 35.2 Å². The van der Waals surface area contributed by atoms with E-state index in [0.717, 1.165) is 11.1 Å². The summed E-state index contributed by atoms with van der Waals surface area (Å²) < 4.78 is 5.13. The van der Waals surface area contributed by atoms with Crippen LogP contribution in [0.5, 0.6) is 5.75 Å². The summed E-state index contributed by atoms with van der Waals surface area (Å²) in [5, 5.41) is 3.42. The number of hydrogen-bond acceptors (Lipinski definition) is 3. The number of benzene rings is 2. The summed E-state index contributed by atoms with van der Waals surface area (Å²) >= 11 is 6.10. The van der Waals surface area contributed by atoms with Crippen LogP contribution >= 0.6 is 11.6 Å². The second-order valence-corrected chi connectivity index (χ2v) is 6.38. The number of methoxy groups -OCH3 is 1. The number of rotatable bonds is 7. The van der Waals surface area contributed by atoms with Crippen LogP contribution in [0, 0.1) is 6.92 Å². The summed E-state index contributed by atoms with van der Waals surface area (Å²) in [5.74, 6) is 0.135. The number of nitrogens with one attached hydrogen (secondary N) is 1. The highest BCUT2D eigenvalue weighted by Crippen LogP contribution is 2.18. The fourth-order valence-corrected chi connectivity index (χ4v) is 2.59. The fourth-order valence-electron chi connectivity index (χ4n) is 2.41. The van der Waals surface area contributed by atoms with Crippen molar-refractivity contribution in [2.24, 2.45) is 0 Å². The molecular weight excluding hydrogens is 364 g/mol. The average molecular weight is 387 g/mol. The van der Waals surface area contributed by atoms with Crippen molar-refractivity contribution < 1.29 is 14.3 Å². The van der Waals surface area contributed by atoms with E-state index in [1.165, 1.54) is 11.0 Å². The Morgan fingerprint density at radius 1 is 1.22 bits per heavy atom. The first-order chi connectivity index (χ1) is 12.9. The lowest BCUT2D eigenvalue weighted by Crippen LogP contribution is -2.36. The van der Waals surface area contributed by atoms with Crippen molar-refractivity contribution in [3.05, 3.63) is 64.7 Å². The van der Waals surface area contributed by atoms with E-state index in [4.69, 9.17) is 16.3 Å². The van der Waals surface area contributed by atoms with Crippen LogP contribution < -0.4 is 10.1 Å². The molecule has 2 aromatic rings. The first-order valence-corrected chi connectivity index (χ1v) is 8.97. The second-order valence-electron chi connectivity index (χ2n) is 5.97. The molecule has 0 bridgehead atoms. The fraction of sp³-hybridized carbons (Fsp3) is 0.238. The van der Waals surface area contributed by atoms with E-state index in [1.807, 2.05) is 26.0 Å². The second kappa shape index (κ2) is 9.78. The number of carbonyl (C=O) groups excluding carboxylic acids is 2. The van der Waals surface area contributed by atoms with Gasteiger partial charge >= 0.3 is 0 Å². The zero-order valence-corrected chi connectivity index (χ0v) is 16.4. The summed E-state index contributed by atoms with van der Waals surface area (Å²) in [6.45, 7) is 4.13. The molecule has 2 amide bonds. The van der Waals surface area contributed by atoms with Crippen LogP contribution in [0.25, 0.3) is 6.08 Å². The van der Waals surface area contributed by atoms with Gasteiger partial charge in [-0.15, -0.1) is 0 Å². The highest BCUT2D eigenvalue weighted by atomic mass is 35.5. The third kappa shape index (κ3) is 6.15. The first-order valence-electron chi connectivity index (χ1n) is 8.60. The molecule has 6 heteroatoms. The molecule has 27 heavy (non-hydrogen) atoms. The van der Waals surface area contributed by atoms with E-state index in [-0.39, 0.29) is 18.4 Å². The number of ether oxygens (including phenoxy) is 1. The SMILES string of the molecule is CCN(CC(=O)Nc1cccc(OC)c1)C(=O)/C=C/c1ccc(C)c(Cl)c1. The van der Waals surface area contributed by atoms with Gasteiger partial charge in [0.1, 0.15) is 12.3 Å². The van der Waals surface area contributed by atoms with Gasteiger partial charge in [-0.1, -0.05) is 29.8 Å². The smallest absolute Gasteiger partial charge is 0.247 e. The van der Waals surface area contributed by atoms with Crippen LogP contribution in [0.4, 0.5) is 5.69 Å². The van der Waals surface area contributed by atoms with Crippen LogP contribution in [0.15, 0.2) is 48.5 Å². The predicted octanol–water partition coefficient (Wildman–Crippen LogP) is 4.16. The number of nitrogens with zero attached hydrogens (tertiary/aromatic N) is 1. The Morgan fingerprint density at radius 2 is 2.00 bits per heavy atom. The van der Waals surface area contributed by atoms with E-state index in [9.17, 15) is 9.59 Å². The maximum Gasteiger partial charge on any atom is 0.247 e. The van der Waals surface area contributed by atoms with E-state index in [1.54, 1.807) is 43.5 Å². The molecule has 0 saturated heterocycles. The van der Waals surface area contributed by atoms with Gasteiger partial charge in [0.15, 0.2) is 0 Å². The van der Waals surface area contributed by atoms with Crippen LogP contribution in [-0.2, 0) is 9.59 Å². The highest BCUT2D eigenvalue weighted by molar-refractivity contribution is 6.31. The predicted molar refractivity (Wildman–Crippen MR) is 109 cm³/mol.